The van der Waals surface area contributed by atoms with Gasteiger partial charge in [-0.3, -0.25) is 9.69 Å². The molecule has 0 atom stereocenters. The number of nitrogen functional groups attached to an aromatic ring is 1. The number of nitrogens with one attached hydrogen (secondary N) is 1. The second kappa shape index (κ2) is 8.92. The van der Waals surface area contributed by atoms with Crippen molar-refractivity contribution in [1.29, 1.82) is 0 Å². The maximum Gasteiger partial charge on any atom is 0.293 e. The van der Waals surface area contributed by atoms with Gasteiger partial charge in [0.2, 0.25) is 11.6 Å². The molecule has 0 saturated carbocycles. The van der Waals surface area contributed by atoms with E-state index >= 15 is 0 Å². The molecule has 1 saturated heterocycles. The van der Waals surface area contributed by atoms with Gasteiger partial charge < -0.3 is 10.8 Å². The van der Waals surface area contributed by atoms with Crippen LogP contribution in [-0.2, 0) is 6.54 Å². The van der Waals surface area contributed by atoms with Crippen LogP contribution >= 0.6 is 0 Å². The second-order valence-corrected chi connectivity index (χ2v) is 7.52. The zero-order chi connectivity index (χ0) is 21.8. The van der Waals surface area contributed by atoms with Crippen molar-refractivity contribution in [1.82, 2.24) is 35.6 Å². The van der Waals surface area contributed by atoms with Crippen LogP contribution in [0, 0.1) is 5.92 Å². The van der Waals surface area contributed by atoms with Crippen molar-refractivity contribution >= 4 is 17.9 Å². The number of phenols is 1. The fourth-order valence-electron chi connectivity index (χ4n) is 3.38. The zero-order valence-electron chi connectivity index (χ0n) is 17.0. The monoisotopic (exact) mass is 425 g/mol. The van der Waals surface area contributed by atoms with Gasteiger partial charge in [0.25, 0.3) is 5.91 Å². The Morgan fingerprint density at radius 3 is 2.90 bits per heavy atom. The van der Waals surface area contributed by atoms with E-state index in [1.54, 1.807) is 18.2 Å². The molecule has 31 heavy (non-hydrogen) atoms. The minimum Gasteiger partial charge on any atom is -0.508 e. The second-order valence-electron chi connectivity index (χ2n) is 7.52. The summed E-state index contributed by atoms with van der Waals surface area (Å²) >= 11 is 0. The molecule has 0 radical (unpaired) electrons. The van der Waals surface area contributed by atoms with Crippen LogP contribution in [0.15, 0.2) is 34.0 Å². The lowest BCUT2D eigenvalue weighted by Crippen LogP contribution is -2.34. The maximum absolute atomic E-state index is 12.8. The summed E-state index contributed by atoms with van der Waals surface area (Å²) in [6, 6.07) is 6.49. The molecule has 4 rings (SSSR count). The third kappa shape index (κ3) is 4.69. The number of likely N-dealkylation sites (tertiary alicyclic amines) is 1. The lowest BCUT2D eigenvalue weighted by Gasteiger charge is -2.30. The Balaban J connectivity index is 1.56. The number of carbonyl (C=O) groups excluding carboxylic acids is 1. The van der Waals surface area contributed by atoms with E-state index < -0.39 is 5.91 Å². The van der Waals surface area contributed by atoms with Gasteiger partial charge >= 0.3 is 0 Å². The zero-order valence-corrected chi connectivity index (χ0v) is 17.0. The van der Waals surface area contributed by atoms with E-state index in [1.165, 1.54) is 17.0 Å². The van der Waals surface area contributed by atoms with Gasteiger partial charge in [-0.1, -0.05) is 24.3 Å². The average Bonchev–Trinajstić information content (AvgIpc) is 3.35. The topological polar surface area (TPSA) is 161 Å². The van der Waals surface area contributed by atoms with Crippen LogP contribution in [0.3, 0.4) is 0 Å². The normalized spacial score (nSPS) is 15.5. The van der Waals surface area contributed by atoms with E-state index in [1.807, 2.05) is 0 Å². The number of anilines is 1. The number of hydrogen-bond donors (Lipinski definition) is 3. The molecule has 12 nitrogen and oxygen atoms in total. The third-order valence-corrected chi connectivity index (χ3v) is 5.17. The van der Waals surface area contributed by atoms with Gasteiger partial charge in [-0.05, 0) is 59.9 Å². The molecule has 3 aromatic rings. The fraction of sp³-hybridized carbons (Fsp3) is 0.368. The third-order valence-electron chi connectivity index (χ3n) is 5.17. The molecule has 4 N–H and O–H groups in total. The number of phenolic OH excluding ortho intramolecular Hbond substituents is 1. The largest absolute Gasteiger partial charge is 0.508 e. The quantitative estimate of drug-likeness (QED) is 0.385. The number of nitrogens with two attached hydrogens (primary N) is 1. The molecule has 2 aromatic heterocycles. The summed E-state index contributed by atoms with van der Waals surface area (Å²) in [5.41, 5.74) is 9.52. The summed E-state index contributed by atoms with van der Waals surface area (Å²) in [7, 11) is 0. The van der Waals surface area contributed by atoms with Crippen molar-refractivity contribution < 1.29 is 14.5 Å². The lowest BCUT2D eigenvalue weighted by atomic mass is 9.99. The minimum atomic E-state index is -0.530. The van der Waals surface area contributed by atoms with Crippen LogP contribution in [-0.4, -0.2) is 60.5 Å². The first kappa shape index (κ1) is 20.5. The molecule has 1 aliphatic rings. The van der Waals surface area contributed by atoms with Gasteiger partial charge in [0.05, 0.1) is 11.9 Å². The Hall–Kier alpha value is -3.80. The summed E-state index contributed by atoms with van der Waals surface area (Å²) in [6.07, 6.45) is 3.57. The van der Waals surface area contributed by atoms with Gasteiger partial charge in [-0.15, -0.1) is 5.10 Å². The van der Waals surface area contributed by atoms with Crippen LogP contribution in [0.4, 0.5) is 5.82 Å². The summed E-state index contributed by atoms with van der Waals surface area (Å²) in [5, 5.41) is 28.9. The van der Waals surface area contributed by atoms with E-state index in [9.17, 15) is 9.90 Å². The van der Waals surface area contributed by atoms with Gasteiger partial charge in [0, 0.05) is 6.54 Å². The molecule has 1 aliphatic heterocycles. The first-order valence-electron chi connectivity index (χ1n) is 9.89. The number of rotatable bonds is 6. The SMILES string of the molecule is CC1CCN(Cc2c(C(=O)N/N=C\c3cccc(O)c3)nnn2-c2nonc2N)CC1. The summed E-state index contributed by atoms with van der Waals surface area (Å²) in [4.78, 5) is 15.0. The highest BCUT2D eigenvalue weighted by Crippen LogP contribution is 2.21. The van der Waals surface area contributed by atoms with Crippen molar-refractivity contribution in [2.24, 2.45) is 11.0 Å². The highest BCUT2D eigenvalue weighted by molar-refractivity contribution is 5.94. The summed E-state index contributed by atoms with van der Waals surface area (Å²) in [6.45, 7) is 4.46. The Morgan fingerprint density at radius 1 is 1.39 bits per heavy atom. The molecule has 1 amide bonds. The van der Waals surface area contributed by atoms with Gasteiger partial charge in [0.1, 0.15) is 5.75 Å². The van der Waals surface area contributed by atoms with E-state index in [-0.39, 0.29) is 23.1 Å². The predicted octanol–water partition coefficient (Wildman–Crippen LogP) is 0.934. The molecular weight excluding hydrogens is 402 g/mol. The van der Waals surface area contributed by atoms with Gasteiger partial charge in [-0.2, -0.15) is 9.78 Å². The molecule has 0 aliphatic carbocycles. The van der Waals surface area contributed by atoms with E-state index in [0.717, 1.165) is 25.9 Å². The molecule has 12 heteroatoms. The number of piperidine rings is 1. The van der Waals surface area contributed by atoms with E-state index in [4.69, 9.17) is 5.73 Å². The average molecular weight is 425 g/mol. The highest BCUT2D eigenvalue weighted by Gasteiger charge is 2.26. The van der Waals surface area contributed by atoms with Crippen LogP contribution in [0.2, 0.25) is 0 Å². The van der Waals surface area contributed by atoms with Crippen molar-refractivity contribution in [2.45, 2.75) is 26.3 Å². The summed E-state index contributed by atoms with van der Waals surface area (Å²) < 4.78 is 6.05. The Morgan fingerprint density at radius 2 is 2.19 bits per heavy atom. The number of hydrazone groups is 1. The summed E-state index contributed by atoms with van der Waals surface area (Å²) in [5.74, 6) is 0.472. The highest BCUT2D eigenvalue weighted by atomic mass is 16.6. The van der Waals surface area contributed by atoms with E-state index in [2.05, 4.69) is 47.6 Å². The molecule has 1 aromatic carbocycles. The number of benzene rings is 1. The molecule has 162 valence electrons. The van der Waals surface area contributed by atoms with E-state index in [0.29, 0.717) is 23.7 Å². The molecule has 3 heterocycles. The Labute approximate surface area is 177 Å². The lowest BCUT2D eigenvalue weighted by molar-refractivity contribution is 0.0947. The van der Waals surface area contributed by atoms with Crippen molar-refractivity contribution in [3.8, 4) is 11.6 Å². The fourth-order valence-corrected chi connectivity index (χ4v) is 3.38. The maximum atomic E-state index is 12.8. The van der Waals surface area contributed by atoms with Crippen LogP contribution in [0.1, 0.15) is 41.5 Å². The first-order valence-corrected chi connectivity index (χ1v) is 9.89. The van der Waals surface area contributed by atoms with Crippen molar-refractivity contribution in [3.05, 3.63) is 41.2 Å². The predicted molar refractivity (Wildman–Crippen MR) is 110 cm³/mol. The van der Waals surface area contributed by atoms with Crippen LogP contribution < -0.4 is 11.2 Å². The molecule has 0 unspecified atom stereocenters. The van der Waals surface area contributed by atoms with Crippen LogP contribution in [0.5, 0.6) is 5.75 Å². The van der Waals surface area contributed by atoms with Gasteiger partial charge in [0.15, 0.2) is 5.69 Å². The number of aromatic nitrogens is 5. The number of amides is 1. The smallest absolute Gasteiger partial charge is 0.293 e. The number of hydrogen-bond acceptors (Lipinski definition) is 10. The number of aromatic hydroxyl groups is 1. The molecular formula is C19H23N9O3. The molecule has 0 spiro atoms. The number of carbonyl (C=O) groups is 1. The first-order chi connectivity index (χ1) is 15.0. The van der Waals surface area contributed by atoms with Crippen molar-refractivity contribution in [3.63, 3.8) is 0 Å². The Kier molecular flexibility index (Phi) is 5.89. The number of nitrogens with zero attached hydrogens (tertiary/aromatic N) is 7. The van der Waals surface area contributed by atoms with Crippen LogP contribution in [0.25, 0.3) is 5.82 Å². The Bertz CT molecular complexity index is 1080. The minimum absolute atomic E-state index is 0.0484. The standard InChI is InChI=1S/C19H23N9O3/c1-12-5-7-27(8-6-12)11-15-16(22-26-28(15)18-17(20)24-31-25-18)19(30)23-21-10-13-3-2-4-14(29)9-13/h2-4,9-10,12,29H,5-8,11H2,1H3,(H2,20,24)(H,23,30)/b21-10-. The van der Waals surface area contributed by atoms with Gasteiger partial charge in [-0.25, -0.2) is 10.1 Å². The molecule has 1 fully saturated rings. The molecule has 0 bridgehead atoms. The van der Waals surface area contributed by atoms with Crippen molar-refractivity contribution in [2.75, 3.05) is 18.8 Å².